The second-order valence-electron chi connectivity index (χ2n) is 12.3. The molecule has 5 aliphatic carbocycles. The van der Waals surface area contributed by atoms with Crippen molar-refractivity contribution in [2.45, 2.75) is 115 Å². The predicted octanol–water partition coefficient (Wildman–Crippen LogP) is 3.68. The number of carboxylic acids is 1. The summed E-state index contributed by atoms with van der Waals surface area (Å²) in [6.07, 6.45) is 17.1. The summed E-state index contributed by atoms with van der Waals surface area (Å²) in [5.41, 5.74) is 6.30. The lowest BCUT2D eigenvalue weighted by molar-refractivity contribution is -0.148. The highest BCUT2D eigenvalue weighted by molar-refractivity contribution is 5.88. The van der Waals surface area contributed by atoms with Gasteiger partial charge in [-0.05, 0) is 87.0 Å². The molecule has 1 unspecified atom stereocenters. The van der Waals surface area contributed by atoms with Crippen LogP contribution in [0.25, 0.3) is 0 Å². The zero-order valence-corrected chi connectivity index (χ0v) is 21.3. The lowest BCUT2D eigenvalue weighted by Gasteiger charge is -2.65. The summed E-state index contributed by atoms with van der Waals surface area (Å²) in [6, 6.07) is -2.19. The first-order valence-electron chi connectivity index (χ1n) is 14.1. The SMILES string of the molecule is NCCCC[C@H](NC(=O)N[C@H](CC1CCCCC1)C(=O)NCC12CC3CCCC(C3)(C1)C2)C(=O)O. The highest BCUT2D eigenvalue weighted by Crippen LogP contribution is 2.69. The van der Waals surface area contributed by atoms with Crippen LogP contribution < -0.4 is 21.7 Å². The molecule has 6 N–H and O–H groups in total. The van der Waals surface area contributed by atoms with E-state index in [9.17, 15) is 19.5 Å². The van der Waals surface area contributed by atoms with Crippen molar-refractivity contribution < 1.29 is 19.5 Å². The van der Waals surface area contributed by atoms with Crippen LogP contribution in [-0.2, 0) is 9.59 Å². The van der Waals surface area contributed by atoms with Crippen LogP contribution >= 0.6 is 0 Å². The van der Waals surface area contributed by atoms with Crippen molar-refractivity contribution in [1.82, 2.24) is 16.0 Å². The third kappa shape index (κ3) is 6.69. The maximum absolute atomic E-state index is 13.3. The van der Waals surface area contributed by atoms with Crippen LogP contribution in [0.15, 0.2) is 0 Å². The summed E-state index contributed by atoms with van der Waals surface area (Å²) >= 11 is 0. The van der Waals surface area contributed by atoms with E-state index in [0.717, 1.165) is 18.8 Å². The van der Waals surface area contributed by atoms with Gasteiger partial charge in [-0.15, -0.1) is 0 Å². The Morgan fingerprint density at radius 2 is 1.69 bits per heavy atom. The Hall–Kier alpha value is -1.83. The van der Waals surface area contributed by atoms with Gasteiger partial charge < -0.3 is 26.8 Å². The number of carboxylic acid groups (broad SMARTS) is 1. The van der Waals surface area contributed by atoms with E-state index in [0.29, 0.717) is 50.1 Å². The van der Waals surface area contributed by atoms with Crippen LogP contribution in [0, 0.1) is 22.7 Å². The van der Waals surface area contributed by atoms with Crippen LogP contribution in [0.5, 0.6) is 0 Å². The number of rotatable bonds is 12. The standard InChI is InChI=1S/C27H46N4O4/c28-12-5-4-10-21(24(33)34)30-25(35)31-22(13-19-7-2-1-3-8-19)23(32)29-18-27-15-20-9-6-11-26(14-20,16-27)17-27/h19-22H,1-18,28H2,(H,29,32)(H,33,34)(H2,30,31,35)/t20?,21-,22+,26?,27?/m0/s1. The van der Waals surface area contributed by atoms with Gasteiger partial charge in [-0.2, -0.15) is 0 Å². The first-order valence-corrected chi connectivity index (χ1v) is 14.1. The number of carbonyl (C=O) groups is 3. The summed E-state index contributed by atoms with van der Waals surface area (Å²) in [6.45, 7) is 1.19. The third-order valence-corrected chi connectivity index (χ3v) is 9.37. The molecule has 0 aromatic rings. The zero-order valence-electron chi connectivity index (χ0n) is 21.3. The van der Waals surface area contributed by atoms with E-state index in [2.05, 4.69) is 16.0 Å². The second kappa shape index (κ2) is 11.5. The average molecular weight is 491 g/mol. The number of nitrogens with one attached hydrogen (secondary N) is 3. The molecule has 3 bridgehead atoms. The number of hydrogen-bond acceptors (Lipinski definition) is 4. The molecule has 0 aromatic heterocycles. The van der Waals surface area contributed by atoms with Gasteiger partial charge in [-0.1, -0.05) is 44.9 Å². The Labute approximate surface area is 209 Å². The van der Waals surface area contributed by atoms with Crippen LogP contribution in [0.1, 0.15) is 103 Å². The zero-order chi connectivity index (χ0) is 24.9. The van der Waals surface area contributed by atoms with E-state index in [4.69, 9.17) is 5.73 Å². The molecular formula is C27H46N4O4. The number of carbonyl (C=O) groups excluding carboxylic acids is 2. The van der Waals surface area contributed by atoms with Gasteiger partial charge in [-0.25, -0.2) is 9.59 Å². The number of nitrogens with two attached hydrogens (primary N) is 1. The molecule has 5 aliphatic rings. The molecule has 0 aromatic carbocycles. The van der Waals surface area contributed by atoms with E-state index < -0.39 is 24.1 Å². The number of aliphatic carboxylic acids is 1. The lowest BCUT2D eigenvalue weighted by atomic mass is 9.40. The number of amides is 3. The molecule has 0 heterocycles. The Morgan fingerprint density at radius 1 is 0.943 bits per heavy atom. The maximum atomic E-state index is 13.3. The summed E-state index contributed by atoms with van der Waals surface area (Å²) in [4.78, 5) is 37.7. The Balaban J connectivity index is 1.33. The smallest absolute Gasteiger partial charge is 0.326 e. The molecule has 0 radical (unpaired) electrons. The quantitative estimate of drug-likeness (QED) is 0.266. The Bertz CT molecular complexity index is 755. The molecule has 5 fully saturated rings. The van der Waals surface area contributed by atoms with Crippen molar-refractivity contribution in [3.63, 3.8) is 0 Å². The fraction of sp³-hybridized carbons (Fsp3) is 0.889. The van der Waals surface area contributed by atoms with E-state index in [-0.39, 0.29) is 11.3 Å². The molecule has 5 saturated carbocycles. The van der Waals surface area contributed by atoms with Gasteiger partial charge in [0.1, 0.15) is 12.1 Å². The molecule has 5 rings (SSSR count). The molecule has 0 aliphatic heterocycles. The Morgan fingerprint density at radius 3 is 2.37 bits per heavy atom. The second-order valence-corrected chi connectivity index (χ2v) is 12.3. The van der Waals surface area contributed by atoms with E-state index in [1.165, 1.54) is 64.2 Å². The molecule has 0 saturated heterocycles. The van der Waals surface area contributed by atoms with Gasteiger partial charge in [0.05, 0.1) is 0 Å². The van der Waals surface area contributed by atoms with Gasteiger partial charge in [0.15, 0.2) is 0 Å². The van der Waals surface area contributed by atoms with Crippen LogP contribution in [0.4, 0.5) is 4.79 Å². The Kier molecular flexibility index (Phi) is 8.61. The lowest BCUT2D eigenvalue weighted by Crippen LogP contribution is -2.60. The maximum Gasteiger partial charge on any atom is 0.326 e. The summed E-state index contributed by atoms with van der Waals surface area (Å²) < 4.78 is 0. The van der Waals surface area contributed by atoms with Crippen molar-refractivity contribution in [1.29, 1.82) is 0 Å². The van der Waals surface area contributed by atoms with Crippen LogP contribution in [0.2, 0.25) is 0 Å². The predicted molar refractivity (Wildman–Crippen MR) is 135 cm³/mol. The number of urea groups is 1. The molecule has 1 spiro atoms. The summed E-state index contributed by atoms with van der Waals surface area (Å²) in [7, 11) is 0. The third-order valence-electron chi connectivity index (χ3n) is 9.37. The van der Waals surface area contributed by atoms with Gasteiger partial charge in [0, 0.05) is 6.54 Å². The minimum atomic E-state index is -1.06. The minimum Gasteiger partial charge on any atom is -0.480 e. The van der Waals surface area contributed by atoms with Crippen molar-refractivity contribution in [2.24, 2.45) is 28.4 Å². The van der Waals surface area contributed by atoms with E-state index in [1.807, 2.05) is 0 Å². The van der Waals surface area contributed by atoms with Crippen molar-refractivity contribution >= 4 is 17.9 Å². The topological polar surface area (TPSA) is 134 Å². The first kappa shape index (κ1) is 26.2. The van der Waals surface area contributed by atoms with E-state index >= 15 is 0 Å². The molecule has 198 valence electrons. The van der Waals surface area contributed by atoms with Crippen molar-refractivity contribution in [3.05, 3.63) is 0 Å². The van der Waals surface area contributed by atoms with Crippen LogP contribution in [0.3, 0.4) is 0 Å². The average Bonchev–Trinajstić information content (AvgIpc) is 2.81. The summed E-state index contributed by atoms with van der Waals surface area (Å²) in [5, 5.41) is 18.1. The number of hydrogen-bond donors (Lipinski definition) is 5. The molecule has 8 heteroatoms. The van der Waals surface area contributed by atoms with Gasteiger partial charge >= 0.3 is 12.0 Å². The fourth-order valence-corrected chi connectivity index (χ4v) is 8.06. The van der Waals surface area contributed by atoms with E-state index in [1.54, 1.807) is 0 Å². The largest absolute Gasteiger partial charge is 0.480 e. The molecule has 3 amide bonds. The summed E-state index contributed by atoms with van der Waals surface area (Å²) in [5.74, 6) is 0.0502. The minimum absolute atomic E-state index is 0.119. The number of unbranched alkanes of at least 4 members (excludes halogenated alkanes) is 1. The molecular weight excluding hydrogens is 444 g/mol. The van der Waals surface area contributed by atoms with Crippen molar-refractivity contribution in [3.8, 4) is 0 Å². The highest BCUT2D eigenvalue weighted by Gasteiger charge is 2.60. The molecule has 3 atom stereocenters. The van der Waals surface area contributed by atoms with Crippen molar-refractivity contribution in [2.75, 3.05) is 13.1 Å². The first-order chi connectivity index (χ1) is 16.8. The fourth-order valence-electron chi connectivity index (χ4n) is 8.06. The van der Waals surface area contributed by atoms with Gasteiger partial charge in [-0.3, -0.25) is 4.79 Å². The molecule has 8 nitrogen and oxygen atoms in total. The monoisotopic (exact) mass is 490 g/mol. The van der Waals surface area contributed by atoms with Crippen LogP contribution in [-0.4, -0.2) is 48.2 Å². The normalized spacial score (nSPS) is 31.5. The highest BCUT2D eigenvalue weighted by atomic mass is 16.4. The molecule has 35 heavy (non-hydrogen) atoms. The van der Waals surface area contributed by atoms with Gasteiger partial charge in [0.25, 0.3) is 0 Å². The van der Waals surface area contributed by atoms with Gasteiger partial charge in [0.2, 0.25) is 5.91 Å².